The van der Waals surface area contributed by atoms with Crippen LogP contribution in [0.4, 0.5) is 10.5 Å². The summed E-state index contributed by atoms with van der Waals surface area (Å²) in [5.41, 5.74) is 6.28. The number of amides is 2. The molecule has 0 unspecified atom stereocenters. The summed E-state index contributed by atoms with van der Waals surface area (Å²) in [6.45, 7) is 5.23. The van der Waals surface area contributed by atoms with Crippen LogP contribution >= 0.6 is 0 Å². The fourth-order valence-corrected chi connectivity index (χ4v) is 2.82. The van der Waals surface area contributed by atoms with E-state index >= 15 is 0 Å². The monoisotopic (exact) mass is 417 g/mol. The van der Waals surface area contributed by atoms with E-state index in [9.17, 15) is 4.79 Å². The van der Waals surface area contributed by atoms with Crippen LogP contribution in [-0.2, 0) is 0 Å². The third-order valence-electron chi connectivity index (χ3n) is 4.43. The quantitative estimate of drug-likeness (QED) is 0.282. The maximum Gasteiger partial charge on any atom is 0.339 e. The summed E-state index contributed by atoms with van der Waals surface area (Å²) in [5.74, 6) is 1.66. The van der Waals surface area contributed by atoms with Gasteiger partial charge in [0.15, 0.2) is 0 Å². The Bertz CT molecular complexity index is 1020. The molecule has 160 valence electrons. The maximum absolute atomic E-state index is 11.8. The Labute approximate surface area is 182 Å². The summed E-state index contributed by atoms with van der Waals surface area (Å²) in [5, 5.41) is 6.67. The van der Waals surface area contributed by atoms with Crippen molar-refractivity contribution in [3.63, 3.8) is 0 Å². The molecule has 3 aromatic rings. The lowest BCUT2D eigenvalue weighted by Gasteiger charge is -2.11. The zero-order chi connectivity index (χ0) is 21.9. The molecule has 0 saturated heterocycles. The fourth-order valence-electron chi connectivity index (χ4n) is 2.82. The van der Waals surface area contributed by atoms with E-state index in [1.54, 1.807) is 18.3 Å². The van der Waals surface area contributed by atoms with Crippen molar-refractivity contribution >= 4 is 17.9 Å². The number of carbonyl (C=O) groups is 1. The van der Waals surface area contributed by atoms with Crippen molar-refractivity contribution in [1.29, 1.82) is 0 Å². The molecule has 0 aromatic heterocycles. The molecule has 0 spiro atoms. The van der Waals surface area contributed by atoms with E-state index < -0.39 is 6.03 Å². The molecular formula is C25H27N3O3. The third-order valence-corrected chi connectivity index (χ3v) is 4.43. The number of hydrogen-bond acceptors (Lipinski definition) is 4. The smallest absolute Gasteiger partial charge is 0.339 e. The molecule has 3 aromatic carbocycles. The molecule has 2 N–H and O–H groups in total. The number of carbonyl (C=O) groups excluding carboxylic acids is 1. The number of para-hydroxylation sites is 1. The first kappa shape index (κ1) is 21.9. The van der Waals surface area contributed by atoms with Gasteiger partial charge in [0.05, 0.1) is 19.4 Å². The Morgan fingerprint density at radius 1 is 0.935 bits per heavy atom. The van der Waals surface area contributed by atoms with E-state index in [0.717, 1.165) is 29.0 Å². The Morgan fingerprint density at radius 2 is 1.74 bits per heavy atom. The van der Waals surface area contributed by atoms with Gasteiger partial charge < -0.3 is 14.8 Å². The number of ether oxygens (including phenoxy) is 2. The van der Waals surface area contributed by atoms with Gasteiger partial charge in [0.1, 0.15) is 11.5 Å². The summed E-state index contributed by atoms with van der Waals surface area (Å²) in [6, 6.07) is 22.5. The minimum absolute atomic E-state index is 0.404. The number of anilines is 1. The van der Waals surface area contributed by atoms with Crippen molar-refractivity contribution in [1.82, 2.24) is 5.43 Å². The maximum atomic E-state index is 11.8. The lowest BCUT2D eigenvalue weighted by molar-refractivity contribution is 0.246. The van der Waals surface area contributed by atoms with E-state index in [-0.39, 0.29) is 0 Å². The molecule has 0 aliphatic rings. The highest BCUT2D eigenvalue weighted by Gasteiger charge is 2.01. The van der Waals surface area contributed by atoms with Gasteiger partial charge in [-0.15, -0.1) is 0 Å². The van der Waals surface area contributed by atoms with Crippen molar-refractivity contribution in [3.05, 3.63) is 89.5 Å². The average molecular weight is 418 g/mol. The second kappa shape index (κ2) is 11.4. The number of rotatable bonds is 9. The molecule has 6 heteroatoms. The van der Waals surface area contributed by atoms with Crippen molar-refractivity contribution in [3.8, 4) is 11.5 Å². The normalized spacial score (nSPS) is 10.6. The van der Waals surface area contributed by atoms with Gasteiger partial charge in [0, 0.05) is 12.1 Å². The van der Waals surface area contributed by atoms with Gasteiger partial charge in [-0.2, -0.15) is 5.10 Å². The van der Waals surface area contributed by atoms with E-state index in [1.165, 1.54) is 5.56 Å². The highest BCUT2D eigenvalue weighted by Crippen LogP contribution is 2.19. The van der Waals surface area contributed by atoms with Gasteiger partial charge >= 0.3 is 6.03 Å². The van der Waals surface area contributed by atoms with E-state index in [2.05, 4.69) is 34.9 Å². The number of nitrogens with zero attached hydrogens (tertiary/aromatic N) is 1. The second-order valence-electron chi connectivity index (χ2n) is 7.08. The summed E-state index contributed by atoms with van der Waals surface area (Å²) in [6.07, 6.45) is 2.34. The number of hydrogen-bond donors (Lipinski definition) is 2. The molecule has 0 heterocycles. The zero-order valence-corrected chi connectivity index (χ0v) is 17.8. The van der Waals surface area contributed by atoms with Crippen molar-refractivity contribution in [2.75, 3.05) is 18.5 Å². The molecule has 0 fully saturated rings. The Morgan fingerprint density at radius 3 is 2.58 bits per heavy atom. The van der Waals surface area contributed by atoms with Crippen molar-refractivity contribution < 1.29 is 14.3 Å². The fraction of sp³-hybridized carbons (Fsp3) is 0.200. The van der Waals surface area contributed by atoms with Crippen LogP contribution in [0.25, 0.3) is 0 Å². The lowest BCUT2D eigenvalue weighted by Crippen LogP contribution is -2.24. The van der Waals surface area contributed by atoms with Gasteiger partial charge in [0.25, 0.3) is 0 Å². The van der Waals surface area contributed by atoms with Gasteiger partial charge in [-0.25, -0.2) is 10.2 Å². The zero-order valence-electron chi connectivity index (χ0n) is 17.8. The minimum Gasteiger partial charge on any atom is -0.493 e. The SMILES string of the molecule is Cc1ccc(C)c(OCCCOc2cccc(/C=N/NC(=O)Nc3ccccc3)c2)c1. The summed E-state index contributed by atoms with van der Waals surface area (Å²) in [7, 11) is 0. The predicted molar refractivity (Wildman–Crippen MR) is 124 cm³/mol. The van der Waals surface area contributed by atoms with Crippen LogP contribution < -0.4 is 20.2 Å². The van der Waals surface area contributed by atoms with E-state index in [1.807, 2.05) is 55.5 Å². The third kappa shape index (κ3) is 7.51. The predicted octanol–water partition coefficient (Wildman–Crippen LogP) is 5.31. The van der Waals surface area contributed by atoms with Crippen LogP contribution in [0.15, 0.2) is 77.9 Å². The first-order chi connectivity index (χ1) is 15.1. The van der Waals surface area contributed by atoms with Crippen LogP contribution in [0.1, 0.15) is 23.1 Å². The first-order valence-corrected chi connectivity index (χ1v) is 10.2. The highest BCUT2D eigenvalue weighted by molar-refractivity contribution is 5.90. The second-order valence-corrected chi connectivity index (χ2v) is 7.08. The number of hydrazone groups is 1. The first-order valence-electron chi connectivity index (χ1n) is 10.2. The average Bonchev–Trinajstić information content (AvgIpc) is 2.77. The Balaban J connectivity index is 1.40. The number of urea groups is 1. The molecule has 0 aliphatic heterocycles. The van der Waals surface area contributed by atoms with Crippen LogP contribution in [0.2, 0.25) is 0 Å². The molecule has 31 heavy (non-hydrogen) atoms. The van der Waals surface area contributed by atoms with Gasteiger partial charge in [-0.05, 0) is 60.9 Å². The molecule has 0 atom stereocenters. The van der Waals surface area contributed by atoms with Crippen LogP contribution in [0.5, 0.6) is 11.5 Å². The summed E-state index contributed by atoms with van der Waals surface area (Å²) < 4.78 is 11.7. The molecule has 0 bridgehead atoms. The molecule has 3 rings (SSSR count). The van der Waals surface area contributed by atoms with Crippen molar-refractivity contribution in [2.24, 2.45) is 5.10 Å². The largest absolute Gasteiger partial charge is 0.493 e. The van der Waals surface area contributed by atoms with Gasteiger partial charge in [-0.1, -0.05) is 42.5 Å². The molecule has 6 nitrogen and oxygen atoms in total. The van der Waals surface area contributed by atoms with E-state index in [0.29, 0.717) is 18.9 Å². The number of nitrogens with one attached hydrogen (secondary N) is 2. The molecule has 2 amide bonds. The van der Waals surface area contributed by atoms with Crippen LogP contribution in [-0.4, -0.2) is 25.5 Å². The van der Waals surface area contributed by atoms with Gasteiger partial charge in [0.2, 0.25) is 0 Å². The summed E-state index contributed by atoms with van der Waals surface area (Å²) in [4.78, 5) is 11.8. The minimum atomic E-state index is -0.404. The molecule has 0 aliphatic carbocycles. The highest BCUT2D eigenvalue weighted by atomic mass is 16.5. The topological polar surface area (TPSA) is 72.0 Å². The number of benzene rings is 3. The lowest BCUT2D eigenvalue weighted by atomic mass is 10.1. The van der Waals surface area contributed by atoms with E-state index in [4.69, 9.17) is 9.47 Å². The Kier molecular flexibility index (Phi) is 8.05. The van der Waals surface area contributed by atoms with Crippen molar-refractivity contribution in [2.45, 2.75) is 20.3 Å². The molecule has 0 radical (unpaired) electrons. The van der Waals surface area contributed by atoms with Crippen LogP contribution in [0, 0.1) is 13.8 Å². The van der Waals surface area contributed by atoms with Gasteiger partial charge in [-0.3, -0.25) is 0 Å². The Hall–Kier alpha value is -3.80. The molecular weight excluding hydrogens is 390 g/mol. The molecule has 0 saturated carbocycles. The standard InChI is InChI=1S/C25H27N3O3/c1-19-12-13-20(2)24(16-19)31-15-7-14-30-23-11-6-8-21(17-23)18-26-28-25(29)27-22-9-4-3-5-10-22/h3-6,8-13,16-18H,7,14-15H2,1-2H3,(H2,27,28,29)/b26-18+. The number of aryl methyl sites for hydroxylation is 2. The summed E-state index contributed by atoms with van der Waals surface area (Å²) >= 11 is 0. The van der Waals surface area contributed by atoms with Crippen LogP contribution in [0.3, 0.4) is 0 Å².